The molecule has 1 unspecified atom stereocenters. The van der Waals surface area contributed by atoms with Crippen molar-refractivity contribution < 1.29 is 21.2 Å². The number of aryl methyl sites for hydroxylation is 1. The minimum Gasteiger partial charge on any atom is -0.229 e. The number of benzene rings is 1. The fraction of sp³-hybridized carbons (Fsp3) is 0.571. The number of nitrogens with one attached hydrogen (secondary N) is 1. The SMILES string of the molecule is Cc1cc(F)ccc1S(=O)(=O)NCCCC1CCS(=O)(=O)C1. The van der Waals surface area contributed by atoms with Crippen molar-refractivity contribution in [3.63, 3.8) is 0 Å². The van der Waals surface area contributed by atoms with E-state index in [9.17, 15) is 21.2 Å². The summed E-state index contributed by atoms with van der Waals surface area (Å²) in [5.41, 5.74) is 0.356. The molecule has 0 spiro atoms. The van der Waals surface area contributed by atoms with E-state index in [1.165, 1.54) is 12.1 Å². The lowest BCUT2D eigenvalue weighted by atomic mass is 10.0. The first-order valence-corrected chi connectivity index (χ1v) is 10.5. The van der Waals surface area contributed by atoms with E-state index in [1.54, 1.807) is 6.92 Å². The summed E-state index contributed by atoms with van der Waals surface area (Å²) in [4.78, 5) is 0.0670. The Morgan fingerprint density at radius 1 is 1.36 bits per heavy atom. The van der Waals surface area contributed by atoms with Crippen LogP contribution in [0.3, 0.4) is 0 Å². The summed E-state index contributed by atoms with van der Waals surface area (Å²) in [5, 5.41) is 0. The van der Waals surface area contributed by atoms with Gasteiger partial charge in [-0.25, -0.2) is 25.9 Å². The minimum atomic E-state index is -3.66. The Labute approximate surface area is 130 Å². The summed E-state index contributed by atoms with van der Waals surface area (Å²) in [6, 6.07) is 3.54. The van der Waals surface area contributed by atoms with Gasteiger partial charge >= 0.3 is 0 Å². The molecule has 0 aromatic heterocycles. The van der Waals surface area contributed by atoms with Crippen molar-refractivity contribution in [2.24, 2.45) is 5.92 Å². The van der Waals surface area contributed by atoms with Crippen molar-refractivity contribution in [3.05, 3.63) is 29.6 Å². The van der Waals surface area contributed by atoms with Gasteiger partial charge in [0.25, 0.3) is 0 Å². The van der Waals surface area contributed by atoms with Crippen molar-refractivity contribution in [3.8, 4) is 0 Å². The smallest absolute Gasteiger partial charge is 0.229 e. The molecule has 1 heterocycles. The van der Waals surface area contributed by atoms with Crippen LogP contribution in [0.2, 0.25) is 0 Å². The Morgan fingerprint density at radius 3 is 2.68 bits per heavy atom. The van der Waals surface area contributed by atoms with Crippen molar-refractivity contribution in [2.75, 3.05) is 18.1 Å². The molecule has 1 fully saturated rings. The molecule has 0 bridgehead atoms. The predicted octanol–water partition coefficient (Wildman–Crippen LogP) is 1.63. The van der Waals surface area contributed by atoms with Gasteiger partial charge in [-0.3, -0.25) is 0 Å². The Hall–Kier alpha value is -0.990. The number of hydrogen-bond acceptors (Lipinski definition) is 4. The Morgan fingerprint density at radius 2 is 2.09 bits per heavy atom. The average Bonchev–Trinajstić information content (AvgIpc) is 2.74. The van der Waals surface area contributed by atoms with Crippen LogP contribution in [0.15, 0.2) is 23.1 Å². The zero-order chi connectivity index (χ0) is 16.4. The lowest BCUT2D eigenvalue weighted by Crippen LogP contribution is -2.26. The quantitative estimate of drug-likeness (QED) is 0.792. The van der Waals surface area contributed by atoms with Crippen molar-refractivity contribution in [1.29, 1.82) is 0 Å². The van der Waals surface area contributed by atoms with Crippen LogP contribution in [0.5, 0.6) is 0 Å². The molecule has 2 rings (SSSR count). The van der Waals surface area contributed by atoms with Gasteiger partial charge in [-0.1, -0.05) is 0 Å². The fourth-order valence-electron chi connectivity index (χ4n) is 2.69. The first kappa shape index (κ1) is 17.4. The number of rotatable bonds is 6. The maximum atomic E-state index is 13.0. The second-order valence-corrected chi connectivity index (χ2v) is 9.68. The van der Waals surface area contributed by atoms with E-state index in [0.29, 0.717) is 24.8 Å². The predicted molar refractivity (Wildman–Crippen MR) is 82.3 cm³/mol. The van der Waals surface area contributed by atoms with Crippen LogP contribution in [-0.2, 0) is 19.9 Å². The van der Waals surface area contributed by atoms with Crippen molar-refractivity contribution in [1.82, 2.24) is 4.72 Å². The van der Waals surface area contributed by atoms with Gasteiger partial charge < -0.3 is 0 Å². The van der Waals surface area contributed by atoms with Crippen LogP contribution in [0.4, 0.5) is 4.39 Å². The molecular weight excluding hydrogens is 329 g/mol. The van der Waals surface area contributed by atoms with Crippen LogP contribution in [0, 0.1) is 18.7 Å². The normalized spacial score (nSPS) is 21.1. The van der Waals surface area contributed by atoms with E-state index < -0.39 is 25.7 Å². The highest BCUT2D eigenvalue weighted by atomic mass is 32.2. The van der Waals surface area contributed by atoms with E-state index in [4.69, 9.17) is 0 Å². The third-order valence-electron chi connectivity index (χ3n) is 3.83. The summed E-state index contributed by atoms with van der Waals surface area (Å²) in [7, 11) is -6.55. The highest BCUT2D eigenvalue weighted by Gasteiger charge is 2.27. The van der Waals surface area contributed by atoms with Gasteiger partial charge in [0, 0.05) is 6.54 Å². The van der Waals surface area contributed by atoms with E-state index in [0.717, 1.165) is 6.07 Å². The molecule has 0 amide bonds. The van der Waals surface area contributed by atoms with Gasteiger partial charge in [0.15, 0.2) is 9.84 Å². The molecule has 1 saturated heterocycles. The zero-order valence-corrected chi connectivity index (χ0v) is 14.0. The Kier molecular flexibility index (Phi) is 5.24. The van der Waals surface area contributed by atoms with Crippen molar-refractivity contribution in [2.45, 2.75) is 31.1 Å². The van der Waals surface area contributed by atoms with Gasteiger partial charge in [-0.15, -0.1) is 0 Å². The number of sulfonamides is 1. The Balaban J connectivity index is 1.86. The highest BCUT2D eigenvalue weighted by Crippen LogP contribution is 2.22. The largest absolute Gasteiger partial charge is 0.240 e. The van der Waals surface area contributed by atoms with Gasteiger partial charge in [-0.2, -0.15) is 0 Å². The summed E-state index contributed by atoms with van der Waals surface area (Å²) < 4.78 is 62.4. The molecule has 8 heteroatoms. The first-order valence-electron chi connectivity index (χ1n) is 7.16. The molecule has 1 aliphatic heterocycles. The highest BCUT2D eigenvalue weighted by molar-refractivity contribution is 7.91. The molecule has 124 valence electrons. The zero-order valence-electron chi connectivity index (χ0n) is 12.4. The molecule has 0 radical (unpaired) electrons. The summed E-state index contributed by atoms with van der Waals surface area (Å²) >= 11 is 0. The molecule has 1 aromatic rings. The molecule has 1 atom stereocenters. The first-order chi connectivity index (χ1) is 10.2. The second kappa shape index (κ2) is 6.64. The van der Waals surface area contributed by atoms with Crippen molar-refractivity contribution >= 4 is 19.9 Å². The summed E-state index contributed by atoms with van der Waals surface area (Å²) in [6.45, 7) is 1.79. The maximum Gasteiger partial charge on any atom is 0.240 e. The summed E-state index contributed by atoms with van der Waals surface area (Å²) in [5.74, 6) is 0.0931. The molecule has 1 aliphatic rings. The third-order valence-corrected chi connectivity index (χ3v) is 7.29. The van der Waals surface area contributed by atoms with Crippen LogP contribution < -0.4 is 4.72 Å². The molecule has 0 aliphatic carbocycles. The minimum absolute atomic E-state index is 0.0670. The van der Waals surface area contributed by atoms with Crippen LogP contribution in [-0.4, -0.2) is 34.9 Å². The van der Waals surface area contributed by atoms with Gasteiger partial charge in [0.2, 0.25) is 10.0 Å². The second-order valence-electron chi connectivity index (χ2n) is 5.72. The maximum absolute atomic E-state index is 13.0. The van der Waals surface area contributed by atoms with Crippen LogP contribution >= 0.6 is 0 Å². The number of sulfone groups is 1. The van der Waals surface area contributed by atoms with Gasteiger partial charge in [0.05, 0.1) is 16.4 Å². The topological polar surface area (TPSA) is 80.3 Å². The summed E-state index contributed by atoms with van der Waals surface area (Å²) in [6.07, 6.45) is 1.93. The average molecular weight is 349 g/mol. The molecular formula is C14H20FNO4S2. The van der Waals surface area contributed by atoms with Gasteiger partial charge in [0.1, 0.15) is 5.82 Å². The lowest BCUT2D eigenvalue weighted by Gasteiger charge is -2.11. The van der Waals surface area contributed by atoms with E-state index >= 15 is 0 Å². The molecule has 1 N–H and O–H groups in total. The van der Waals surface area contributed by atoms with Gasteiger partial charge in [-0.05, 0) is 55.9 Å². The van der Waals surface area contributed by atoms with Crippen LogP contribution in [0.1, 0.15) is 24.8 Å². The number of halogens is 1. The Bertz CT molecular complexity index is 744. The molecule has 22 heavy (non-hydrogen) atoms. The third kappa shape index (κ3) is 4.50. The monoisotopic (exact) mass is 349 g/mol. The van der Waals surface area contributed by atoms with E-state index in [1.807, 2.05) is 0 Å². The molecule has 1 aromatic carbocycles. The van der Waals surface area contributed by atoms with E-state index in [-0.39, 0.29) is 28.9 Å². The lowest BCUT2D eigenvalue weighted by molar-refractivity contribution is 0.512. The van der Waals surface area contributed by atoms with E-state index in [2.05, 4.69) is 4.72 Å². The van der Waals surface area contributed by atoms with Crippen LogP contribution in [0.25, 0.3) is 0 Å². The standard InChI is InChI=1S/C14H20FNO4S2/c1-11-9-13(15)4-5-14(11)22(19,20)16-7-2-3-12-6-8-21(17,18)10-12/h4-5,9,12,16H,2-3,6-8,10H2,1H3. The molecule has 5 nitrogen and oxygen atoms in total. The number of hydrogen-bond donors (Lipinski definition) is 1. The molecule has 0 saturated carbocycles. The fourth-order valence-corrected chi connectivity index (χ4v) is 5.90.